The second-order valence-electron chi connectivity index (χ2n) is 2.71. The molecule has 0 aliphatic heterocycles. The molecule has 78 valence electrons. The van der Waals surface area contributed by atoms with Gasteiger partial charge < -0.3 is 9.84 Å². The lowest BCUT2D eigenvalue weighted by Gasteiger charge is -2.09. The van der Waals surface area contributed by atoms with Crippen LogP contribution in [0.5, 0.6) is 11.5 Å². The SMILES string of the molecule is COc1c(C#N)ccc(O)c1C(=O)CBr. The van der Waals surface area contributed by atoms with Crippen LogP contribution in [0.25, 0.3) is 0 Å². The van der Waals surface area contributed by atoms with Gasteiger partial charge in [0, 0.05) is 0 Å². The van der Waals surface area contributed by atoms with Crippen LogP contribution in [0.2, 0.25) is 0 Å². The van der Waals surface area contributed by atoms with Crippen LogP contribution >= 0.6 is 15.9 Å². The van der Waals surface area contributed by atoms with Gasteiger partial charge in [-0.2, -0.15) is 5.26 Å². The molecule has 5 heteroatoms. The van der Waals surface area contributed by atoms with Gasteiger partial charge >= 0.3 is 0 Å². The van der Waals surface area contributed by atoms with E-state index in [0.717, 1.165) is 0 Å². The van der Waals surface area contributed by atoms with Gasteiger partial charge in [0.25, 0.3) is 0 Å². The lowest BCUT2D eigenvalue weighted by Crippen LogP contribution is -2.05. The fraction of sp³-hybridized carbons (Fsp3) is 0.200. The van der Waals surface area contributed by atoms with E-state index >= 15 is 0 Å². The Balaban J connectivity index is 3.47. The molecule has 0 unspecified atom stereocenters. The minimum atomic E-state index is -0.332. The van der Waals surface area contributed by atoms with Crippen molar-refractivity contribution >= 4 is 21.7 Å². The average molecular weight is 270 g/mol. The summed E-state index contributed by atoms with van der Waals surface area (Å²) in [6, 6.07) is 4.59. The summed E-state index contributed by atoms with van der Waals surface area (Å²) in [5, 5.41) is 18.4. The van der Waals surface area contributed by atoms with Gasteiger partial charge in [-0.3, -0.25) is 4.79 Å². The van der Waals surface area contributed by atoms with Crippen molar-refractivity contribution < 1.29 is 14.6 Å². The molecule has 4 nitrogen and oxygen atoms in total. The highest BCUT2D eigenvalue weighted by atomic mass is 79.9. The quantitative estimate of drug-likeness (QED) is 0.672. The fourth-order valence-corrected chi connectivity index (χ4v) is 1.49. The lowest BCUT2D eigenvalue weighted by molar-refractivity contribution is 0.101. The van der Waals surface area contributed by atoms with E-state index < -0.39 is 0 Å². The summed E-state index contributed by atoms with van der Waals surface area (Å²) in [5.41, 5.74) is 0.257. The maximum Gasteiger partial charge on any atom is 0.180 e. The molecule has 0 heterocycles. The van der Waals surface area contributed by atoms with Crippen LogP contribution in [0.3, 0.4) is 0 Å². The first-order valence-corrected chi connectivity index (χ1v) is 5.17. The number of hydrogen-bond donors (Lipinski definition) is 1. The summed E-state index contributed by atoms with van der Waals surface area (Å²) in [5.74, 6) is -0.404. The molecule has 0 amide bonds. The fourth-order valence-electron chi connectivity index (χ4n) is 1.21. The summed E-state index contributed by atoms with van der Waals surface area (Å²) < 4.78 is 4.95. The summed E-state index contributed by atoms with van der Waals surface area (Å²) in [6.07, 6.45) is 0. The first-order chi connectivity index (χ1) is 7.15. The second-order valence-corrected chi connectivity index (χ2v) is 3.27. The zero-order valence-electron chi connectivity index (χ0n) is 7.95. The van der Waals surface area contributed by atoms with E-state index in [2.05, 4.69) is 15.9 Å². The number of halogens is 1. The van der Waals surface area contributed by atoms with Crippen molar-refractivity contribution in [2.75, 3.05) is 12.4 Å². The number of methoxy groups -OCH3 is 1. The molecule has 0 spiro atoms. The standard InChI is InChI=1S/C10H8BrNO3/c1-15-10-6(5-12)2-3-7(13)9(10)8(14)4-11/h2-3,13H,4H2,1H3. The maximum atomic E-state index is 11.5. The Labute approximate surface area is 95.2 Å². The summed E-state index contributed by atoms with van der Waals surface area (Å²) in [7, 11) is 1.35. The Morgan fingerprint density at radius 1 is 1.67 bits per heavy atom. The van der Waals surface area contributed by atoms with Crippen molar-refractivity contribution in [1.82, 2.24) is 0 Å². The number of Topliss-reactive ketones (excluding diaryl/α,β-unsaturated/α-hetero) is 1. The Hall–Kier alpha value is -1.54. The van der Waals surface area contributed by atoms with Crippen LogP contribution in [0, 0.1) is 11.3 Å². The van der Waals surface area contributed by atoms with Gasteiger partial charge in [-0.15, -0.1) is 0 Å². The van der Waals surface area contributed by atoms with E-state index in [0.29, 0.717) is 0 Å². The number of phenolic OH excluding ortho intramolecular Hbond substituents is 1. The predicted molar refractivity (Wildman–Crippen MR) is 57.5 cm³/mol. The Morgan fingerprint density at radius 3 is 2.80 bits per heavy atom. The van der Waals surface area contributed by atoms with E-state index in [4.69, 9.17) is 10.00 Å². The van der Waals surface area contributed by atoms with Crippen molar-refractivity contribution in [3.05, 3.63) is 23.3 Å². The van der Waals surface area contributed by atoms with Crippen molar-refractivity contribution in [2.24, 2.45) is 0 Å². The number of carbonyl (C=O) groups is 1. The van der Waals surface area contributed by atoms with E-state index in [1.54, 1.807) is 0 Å². The Kier molecular flexibility index (Phi) is 3.69. The van der Waals surface area contributed by atoms with Gasteiger partial charge in [0.15, 0.2) is 11.5 Å². The van der Waals surface area contributed by atoms with Crippen molar-refractivity contribution in [3.63, 3.8) is 0 Å². The van der Waals surface area contributed by atoms with Crippen molar-refractivity contribution in [1.29, 1.82) is 5.26 Å². The smallest absolute Gasteiger partial charge is 0.180 e. The lowest BCUT2D eigenvalue weighted by atomic mass is 10.1. The largest absolute Gasteiger partial charge is 0.507 e. The van der Waals surface area contributed by atoms with Gasteiger partial charge in [0.1, 0.15) is 17.4 Å². The van der Waals surface area contributed by atoms with Gasteiger partial charge in [0.2, 0.25) is 0 Å². The van der Waals surface area contributed by atoms with Crippen LogP contribution in [0.15, 0.2) is 12.1 Å². The third kappa shape index (κ3) is 2.10. The summed E-state index contributed by atoms with van der Waals surface area (Å²) in [4.78, 5) is 11.5. The minimum Gasteiger partial charge on any atom is -0.507 e. The Morgan fingerprint density at radius 2 is 2.33 bits per heavy atom. The average Bonchev–Trinajstić information content (AvgIpc) is 2.27. The number of rotatable bonds is 3. The molecule has 0 fully saturated rings. The molecular weight excluding hydrogens is 262 g/mol. The minimum absolute atomic E-state index is 0.0356. The van der Waals surface area contributed by atoms with E-state index in [9.17, 15) is 9.90 Å². The zero-order chi connectivity index (χ0) is 11.4. The van der Waals surface area contributed by atoms with Gasteiger partial charge in [-0.25, -0.2) is 0 Å². The molecule has 0 radical (unpaired) electrons. The van der Waals surface area contributed by atoms with Crippen LogP contribution in [0.1, 0.15) is 15.9 Å². The predicted octanol–water partition coefficient (Wildman–Crippen LogP) is 1.85. The van der Waals surface area contributed by atoms with Gasteiger partial charge in [-0.1, -0.05) is 15.9 Å². The first kappa shape index (κ1) is 11.5. The number of carbonyl (C=O) groups excluding carboxylic acids is 1. The molecule has 1 aromatic carbocycles. The van der Waals surface area contributed by atoms with E-state index in [1.165, 1.54) is 19.2 Å². The number of hydrogen-bond acceptors (Lipinski definition) is 4. The second kappa shape index (κ2) is 4.80. The molecule has 1 N–H and O–H groups in total. The number of aromatic hydroxyl groups is 1. The van der Waals surface area contributed by atoms with Crippen molar-refractivity contribution in [3.8, 4) is 17.6 Å². The normalized spacial score (nSPS) is 9.40. The van der Waals surface area contributed by atoms with Crippen LogP contribution in [-0.2, 0) is 0 Å². The van der Waals surface area contributed by atoms with Crippen LogP contribution in [-0.4, -0.2) is 23.3 Å². The third-order valence-electron chi connectivity index (χ3n) is 1.86. The van der Waals surface area contributed by atoms with Gasteiger partial charge in [-0.05, 0) is 12.1 Å². The molecular formula is C10H8BrNO3. The summed E-state index contributed by atoms with van der Waals surface area (Å²) in [6.45, 7) is 0. The number of ketones is 1. The molecule has 0 aliphatic carbocycles. The summed E-state index contributed by atoms with van der Waals surface area (Å²) >= 11 is 3.00. The molecule has 0 bridgehead atoms. The molecule has 1 rings (SSSR count). The number of benzene rings is 1. The van der Waals surface area contributed by atoms with Gasteiger partial charge in [0.05, 0.1) is 18.0 Å². The zero-order valence-corrected chi connectivity index (χ0v) is 9.54. The molecule has 0 atom stereocenters. The molecule has 1 aromatic rings. The third-order valence-corrected chi connectivity index (χ3v) is 2.37. The Bertz CT molecular complexity index is 437. The highest BCUT2D eigenvalue weighted by Gasteiger charge is 2.19. The monoisotopic (exact) mass is 269 g/mol. The number of ether oxygens (including phenoxy) is 1. The topological polar surface area (TPSA) is 70.3 Å². The number of nitrogens with zero attached hydrogens (tertiary/aromatic N) is 1. The van der Waals surface area contributed by atoms with Crippen molar-refractivity contribution in [2.45, 2.75) is 0 Å². The van der Waals surface area contributed by atoms with Crippen LogP contribution in [0.4, 0.5) is 0 Å². The molecule has 0 aromatic heterocycles. The van der Waals surface area contributed by atoms with E-state index in [-0.39, 0.29) is 33.7 Å². The molecule has 15 heavy (non-hydrogen) atoms. The number of alkyl halides is 1. The highest BCUT2D eigenvalue weighted by Crippen LogP contribution is 2.31. The molecule has 0 saturated carbocycles. The molecule has 0 saturated heterocycles. The highest BCUT2D eigenvalue weighted by molar-refractivity contribution is 9.09. The number of nitriles is 1. The number of phenols is 1. The van der Waals surface area contributed by atoms with Crippen LogP contribution < -0.4 is 4.74 Å². The van der Waals surface area contributed by atoms with E-state index in [1.807, 2.05) is 6.07 Å². The molecule has 0 aliphatic rings. The maximum absolute atomic E-state index is 11.5. The first-order valence-electron chi connectivity index (χ1n) is 4.05.